The van der Waals surface area contributed by atoms with Crippen LogP contribution in [0.25, 0.3) is 0 Å². The van der Waals surface area contributed by atoms with Gasteiger partial charge in [0.1, 0.15) is 0 Å². The van der Waals surface area contributed by atoms with Crippen molar-refractivity contribution in [3.05, 3.63) is 24.3 Å². The van der Waals surface area contributed by atoms with Gasteiger partial charge in [0.05, 0.1) is 5.69 Å². The van der Waals surface area contributed by atoms with E-state index in [1.807, 2.05) is 24.3 Å². The van der Waals surface area contributed by atoms with Crippen LogP contribution in [0.1, 0.15) is 13.3 Å². The second kappa shape index (κ2) is 5.87. The third-order valence-electron chi connectivity index (χ3n) is 3.22. The van der Waals surface area contributed by atoms with Crippen molar-refractivity contribution in [3.8, 4) is 5.75 Å². The number of rotatable bonds is 3. The maximum absolute atomic E-state index is 11.4. The Labute approximate surface area is 108 Å². The molecule has 2 rings (SSSR count). The standard InChI is InChI=1S/C14H20N2O2/c1-3-14(17)18-13-7-5-4-6-12(13)16-10-8-15(2)9-11-16/h4-7H,3,8-11H2,1-2H3. The molecular weight excluding hydrogens is 228 g/mol. The minimum Gasteiger partial charge on any atom is -0.424 e. The lowest BCUT2D eigenvalue weighted by Gasteiger charge is -2.34. The minimum atomic E-state index is -0.184. The lowest BCUT2D eigenvalue weighted by atomic mass is 10.2. The van der Waals surface area contributed by atoms with E-state index in [0.29, 0.717) is 12.2 Å². The topological polar surface area (TPSA) is 32.8 Å². The van der Waals surface area contributed by atoms with Gasteiger partial charge in [-0.1, -0.05) is 19.1 Å². The van der Waals surface area contributed by atoms with Crippen molar-refractivity contribution in [2.45, 2.75) is 13.3 Å². The molecule has 0 spiro atoms. The largest absolute Gasteiger partial charge is 0.424 e. The van der Waals surface area contributed by atoms with Gasteiger partial charge in [-0.15, -0.1) is 0 Å². The van der Waals surface area contributed by atoms with Gasteiger partial charge in [-0.2, -0.15) is 0 Å². The van der Waals surface area contributed by atoms with E-state index in [2.05, 4.69) is 16.8 Å². The van der Waals surface area contributed by atoms with E-state index >= 15 is 0 Å². The molecule has 98 valence electrons. The fourth-order valence-corrected chi connectivity index (χ4v) is 2.05. The van der Waals surface area contributed by atoms with Crippen LogP contribution in [0.2, 0.25) is 0 Å². The molecule has 0 radical (unpaired) electrons. The number of para-hydroxylation sites is 2. The molecule has 1 saturated heterocycles. The fraction of sp³-hybridized carbons (Fsp3) is 0.500. The molecule has 1 aliphatic heterocycles. The number of hydrogen-bond acceptors (Lipinski definition) is 4. The molecule has 0 N–H and O–H groups in total. The Hall–Kier alpha value is -1.55. The molecular formula is C14H20N2O2. The van der Waals surface area contributed by atoms with E-state index in [1.165, 1.54) is 0 Å². The van der Waals surface area contributed by atoms with Gasteiger partial charge >= 0.3 is 5.97 Å². The summed E-state index contributed by atoms with van der Waals surface area (Å²) >= 11 is 0. The van der Waals surface area contributed by atoms with Crippen LogP contribution in [-0.2, 0) is 4.79 Å². The Morgan fingerprint density at radius 3 is 2.56 bits per heavy atom. The number of ether oxygens (including phenoxy) is 1. The molecule has 0 saturated carbocycles. The Balaban J connectivity index is 2.14. The van der Waals surface area contributed by atoms with Crippen molar-refractivity contribution in [3.63, 3.8) is 0 Å². The molecule has 18 heavy (non-hydrogen) atoms. The van der Waals surface area contributed by atoms with Crippen LogP contribution in [0.15, 0.2) is 24.3 Å². The number of esters is 1. The highest BCUT2D eigenvalue weighted by atomic mass is 16.5. The van der Waals surface area contributed by atoms with Crippen LogP contribution in [0.5, 0.6) is 5.75 Å². The third kappa shape index (κ3) is 3.01. The van der Waals surface area contributed by atoms with E-state index in [-0.39, 0.29) is 5.97 Å². The highest BCUT2D eigenvalue weighted by Crippen LogP contribution is 2.28. The van der Waals surface area contributed by atoms with Crippen LogP contribution < -0.4 is 9.64 Å². The number of likely N-dealkylation sites (N-methyl/N-ethyl adjacent to an activating group) is 1. The maximum Gasteiger partial charge on any atom is 0.310 e. The highest BCUT2D eigenvalue weighted by Gasteiger charge is 2.18. The van der Waals surface area contributed by atoms with Crippen molar-refractivity contribution in [2.24, 2.45) is 0 Å². The first-order chi connectivity index (χ1) is 8.70. The molecule has 1 heterocycles. The van der Waals surface area contributed by atoms with E-state index in [0.717, 1.165) is 31.9 Å². The highest BCUT2D eigenvalue weighted by molar-refractivity contribution is 5.75. The smallest absolute Gasteiger partial charge is 0.310 e. The predicted molar refractivity (Wildman–Crippen MR) is 72.1 cm³/mol. The number of nitrogens with zero attached hydrogens (tertiary/aromatic N) is 2. The van der Waals surface area contributed by atoms with E-state index < -0.39 is 0 Å². The summed E-state index contributed by atoms with van der Waals surface area (Å²) in [4.78, 5) is 16.0. The van der Waals surface area contributed by atoms with Gasteiger partial charge in [-0.25, -0.2) is 0 Å². The van der Waals surface area contributed by atoms with Crippen molar-refractivity contribution in [1.82, 2.24) is 4.90 Å². The molecule has 0 unspecified atom stereocenters. The minimum absolute atomic E-state index is 0.184. The Kier molecular flexibility index (Phi) is 4.20. The van der Waals surface area contributed by atoms with E-state index in [1.54, 1.807) is 6.92 Å². The monoisotopic (exact) mass is 248 g/mol. The molecule has 0 aliphatic carbocycles. The van der Waals surface area contributed by atoms with Gasteiger partial charge < -0.3 is 14.5 Å². The number of benzene rings is 1. The van der Waals surface area contributed by atoms with Crippen LogP contribution in [0, 0.1) is 0 Å². The molecule has 4 heteroatoms. The van der Waals surface area contributed by atoms with Crippen LogP contribution in [0.4, 0.5) is 5.69 Å². The number of carbonyl (C=O) groups excluding carboxylic acids is 1. The first-order valence-electron chi connectivity index (χ1n) is 6.44. The summed E-state index contributed by atoms with van der Waals surface area (Å²) in [6, 6.07) is 7.76. The van der Waals surface area contributed by atoms with Crippen LogP contribution >= 0.6 is 0 Å². The third-order valence-corrected chi connectivity index (χ3v) is 3.22. The van der Waals surface area contributed by atoms with Crippen molar-refractivity contribution < 1.29 is 9.53 Å². The first-order valence-corrected chi connectivity index (χ1v) is 6.44. The lowest BCUT2D eigenvalue weighted by molar-refractivity contribution is -0.133. The number of piperazine rings is 1. The molecule has 0 atom stereocenters. The Morgan fingerprint density at radius 1 is 1.22 bits per heavy atom. The summed E-state index contributed by atoms with van der Waals surface area (Å²) in [6.45, 7) is 5.82. The zero-order valence-electron chi connectivity index (χ0n) is 11.1. The second-order valence-electron chi connectivity index (χ2n) is 4.59. The maximum atomic E-state index is 11.4. The molecule has 0 amide bonds. The molecule has 1 aliphatic rings. The van der Waals surface area contributed by atoms with Gasteiger partial charge in [-0.3, -0.25) is 4.79 Å². The second-order valence-corrected chi connectivity index (χ2v) is 4.59. The van der Waals surface area contributed by atoms with Gasteiger partial charge in [-0.05, 0) is 19.2 Å². The number of hydrogen-bond donors (Lipinski definition) is 0. The molecule has 0 bridgehead atoms. The normalized spacial score (nSPS) is 16.7. The summed E-state index contributed by atoms with van der Waals surface area (Å²) in [5.41, 5.74) is 1.02. The number of anilines is 1. The van der Waals surface area contributed by atoms with E-state index in [4.69, 9.17) is 4.74 Å². The van der Waals surface area contributed by atoms with Gasteiger partial charge in [0.2, 0.25) is 0 Å². The Morgan fingerprint density at radius 2 is 1.89 bits per heavy atom. The Bertz CT molecular complexity index is 412. The fourth-order valence-electron chi connectivity index (χ4n) is 2.05. The zero-order chi connectivity index (χ0) is 13.0. The van der Waals surface area contributed by atoms with Gasteiger partial charge in [0.25, 0.3) is 0 Å². The summed E-state index contributed by atoms with van der Waals surface area (Å²) in [5.74, 6) is 0.491. The zero-order valence-corrected chi connectivity index (χ0v) is 11.1. The summed E-state index contributed by atoms with van der Waals surface area (Å²) < 4.78 is 5.38. The van der Waals surface area contributed by atoms with E-state index in [9.17, 15) is 4.79 Å². The average molecular weight is 248 g/mol. The van der Waals surface area contributed by atoms with Crippen molar-refractivity contribution in [1.29, 1.82) is 0 Å². The van der Waals surface area contributed by atoms with Gasteiger partial charge in [0, 0.05) is 32.6 Å². The SMILES string of the molecule is CCC(=O)Oc1ccccc1N1CCN(C)CC1. The van der Waals surface area contributed by atoms with Crippen molar-refractivity contribution in [2.75, 3.05) is 38.1 Å². The number of carbonyl (C=O) groups is 1. The lowest BCUT2D eigenvalue weighted by Crippen LogP contribution is -2.44. The quantitative estimate of drug-likeness (QED) is 0.603. The average Bonchev–Trinajstić information content (AvgIpc) is 2.40. The summed E-state index contributed by atoms with van der Waals surface area (Å²) in [6.07, 6.45) is 0.400. The molecule has 1 fully saturated rings. The van der Waals surface area contributed by atoms with Gasteiger partial charge in [0.15, 0.2) is 5.75 Å². The molecule has 1 aromatic rings. The molecule has 1 aromatic carbocycles. The summed E-state index contributed by atoms with van der Waals surface area (Å²) in [5, 5.41) is 0. The van der Waals surface area contributed by atoms with Crippen LogP contribution in [0.3, 0.4) is 0 Å². The van der Waals surface area contributed by atoms with Crippen molar-refractivity contribution >= 4 is 11.7 Å². The predicted octanol–water partition coefficient (Wildman–Crippen LogP) is 1.75. The summed E-state index contributed by atoms with van der Waals surface area (Å²) in [7, 11) is 2.13. The first kappa shape index (κ1) is 12.9. The van der Waals surface area contributed by atoms with Crippen LogP contribution in [-0.4, -0.2) is 44.1 Å². The molecule has 4 nitrogen and oxygen atoms in total. The molecule has 0 aromatic heterocycles.